The average Bonchev–Trinajstić information content (AvgIpc) is 3.38. The number of nitrogens with zero attached hydrogens (tertiary/aromatic N) is 2. The standard InChI is InChI=1S/C21H28N2O2S/c24-19-21(12-6-7-13-21)23(17-10-4-5-11-17)20(25)22(19)18(15-26)14-16-8-2-1-3-9-16/h1-3,8-9,17-18,26H,4-7,10-15H2. The predicted molar refractivity (Wildman–Crippen MR) is 105 cm³/mol. The Morgan fingerprint density at radius 2 is 1.69 bits per heavy atom. The summed E-state index contributed by atoms with van der Waals surface area (Å²) in [5.41, 5.74) is 0.580. The second-order valence-electron chi connectivity index (χ2n) is 8.03. The second kappa shape index (κ2) is 7.26. The molecule has 1 unspecified atom stereocenters. The van der Waals surface area contributed by atoms with Crippen LogP contribution < -0.4 is 0 Å². The number of imide groups is 1. The SMILES string of the molecule is O=C1N(C(CS)Cc2ccccc2)C(=O)C2(CCCC2)N1C1CCCC1. The molecule has 1 aromatic rings. The molecule has 0 aromatic heterocycles. The highest BCUT2D eigenvalue weighted by molar-refractivity contribution is 7.80. The van der Waals surface area contributed by atoms with Gasteiger partial charge < -0.3 is 4.90 Å². The van der Waals surface area contributed by atoms with Crippen molar-refractivity contribution in [3.63, 3.8) is 0 Å². The van der Waals surface area contributed by atoms with Crippen LogP contribution >= 0.6 is 12.6 Å². The van der Waals surface area contributed by atoms with Gasteiger partial charge in [0.1, 0.15) is 5.54 Å². The first-order chi connectivity index (χ1) is 12.7. The predicted octanol–water partition coefficient (Wildman–Crippen LogP) is 4.05. The summed E-state index contributed by atoms with van der Waals surface area (Å²) in [5.74, 6) is 0.544. The fourth-order valence-corrected chi connectivity index (χ4v) is 5.53. The molecule has 5 heteroatoms. The Bertz CT molecular complexity index is 666. The van der Waals surface area contributed by atoms with Crippen LogP contribution in [0.1, 0.15) is 56.9 Å². The van der Waals surface area contributed by atoms with Crippen molar-refractivity contribution in [2.75, 3.05) is 5.75 Å². The normalized spacial score (nSPS) is 24.2. The van der Waals surface area contributed by atoms with E-state index in [-0.39, 0.29) is 24.0 Å². The van der Waals surface area contributed by atoms with Crippen LogP contribution in [0.25, 0.3) is 0 Å². The summed E-state index contributed by atoms with van der Waals surface area (Å²) in [7, 11) is 0. The minimum Gasteiger partial charge on any atom is -0.307 e. The van der Waals surface area contributed by atoms with E-state index in [1.54, 1.807) is 4.90 Å². The third-order valence-electron chi connectivity index (χ3n) is 6.50. The molecule has 4 rings (SSSR count). The van der Waals surface area contributed by atoms with Gasteiger partial charge in [0, 0.05) is 11.8 Å². The van der Waals surface area contributed by atoms with Gasteiger partial charge in [0.2, 0.25) is 0 Å². The van der Waals surface area contributed by atoms with Crippen molar-refractivity contribution in [1.82, 2.24) is 9.80 Å². The Kier molecular flexibility index (Phi) is 5.00. The Balaban J connectivity index is 1.65. The van der Waals surface area contributed by atoms with E-state index in [0.29, 0.717) is 12.2 Å². The molecule has 1 aromatic carbocycles. The Hall–Kier alpha value is -1.49. The van der Waals surface area contributed by atoms with Gasteiger partial charge in [-0.1, -0.05) is 56.0 Å². The van der Waals surface area contributed by atoms with Crippen LogP contribution in [0.5, 0.6) is 0 Å². The maximum absolute atomic E-state index is 13.5. The van der Waals surface area contributed by atoms with E-state index >= 15 is 0 Å². The van der Waals surface area contributed by atoms with Crippen LogP contribution in [-0.2, 0) is 11.2 Å². The van der Waals surface area contributed by atoms with Gasteiger partial charge in [-0.05, 0) is 37.7 Å². The topological polar surface area (TPSA) is 40.6 Å². The molecule has 3 fully saturated rings. The summed E-state index contributed by atoms with van der Waals surface area (Å²) in [6.07, 6.45) is 8.83. The maximum Gasteiger partial charge on any atom is 0.328 e. The van der Waals surface area contributed by atoms with Crippen LogP contribution in [-0.4, -0.2) is 45.1 Å². The first-order valence-corrected chi connectivity index (χ1v) is 10.6. The van der Waals surface area contributed by atoms with Gasteiger partial charge in [0.25, 0.3) is 5.91 Å². The first-order valence-electron chi connectivity index (χ1n) is 9.99. The summed E-state index contributed by atoms with van der Waals surface area (Å²) in [6.45, 7) is 0. The van der Waals surface area contributed by atoms with Crippen molar-refractivity contribution in [2.24, 2.45) is 0 Å². The summed E-state index contributed by atoms with van der Waals surface area (Å²) in [6, 6.07) is 10.1. The smallest absolute Gasteiger partial charge is 0.307 e. The lowest BCUT2D eigenvalue weighted by atomic mass is 9.93. The van der Waals surface area contributed by atoms with Crippen molar-refractivity contribution in [2.45, 2.75) is 75.4 Å². The number of rotatable bonds is 5. The number of urea groups is 1. The molecule has 26 heavy (non-hydrogen) atoms. The van der Waals surface area contributed by atoms with Crippen LogP contribution in [0, 0.1) is 0 Å². The quantitative estimate of drug-likeness (QED) is 0.626. The molecule has 4 nitrogen and oxygen atoms in total. The van der Waals surface area contributed by atoms with Crippen molar-refractivity contribution in [3.05, 3.63) is 35.9 Å². The lowest BCUT2D eigenvalue weighted by molar-refractivity contribution is -0.134. The number of amides is 3. The van der Waals surface area contributed by atoms with E-state index in [9.17, 15) is 9.59 Å². The van der Waals surface area contributed by atoms with Crippen molar-refractivity contribution >= 4 is 24.6 Å². The van der Waals surface area contributed by atoms with Gasteiger partial charge in [0.05, 0.1) is 6.04 Å². The zero-order chi connectivity index (χ0) is 18.1. The van der Waals surface area contributed by atoms with Gasteiger partial charge in [-0.25, -0.2) is 4.79 Å². The molecule has 0 N–H and O–H groups in total. The van der Waals surface area contributed by atoms with E-state index in [4.69, 9.17) is 0 Å². The number of carbonyl (C=O) groups is 2. The van der Waals surface area contributed by atoms with Crippen molar-refractivity contribution in [3.8, 4) is 0 Å². The first kappa shape index (κ1) is 17.9. The highest BCUT2D eigenvalue weighted by atomic mass is 32.1. The number of thiol groups is 1. The van der Waals surface area contributed by atoms with E-state index in [0.717, 1.165) is 44.1 Å². The third kappa shape index (κ3) is 2.84. The van der Waals surface area contributed by atoms with E-state index in [2.05, 4.69) is 24.8 Å². The van der Waals surface area contributed by atoms with Gasteiger partial charge in [-0.3, -0.25) is 9.69 Å². The van der Waals surface area contributed by atoms with Crippen LogP contribution in [0.3, 0.4) is 0 Å². The molecule has 1 heterocycles. The Morgan fingerprint density at radius 1 is 1.04 bits per heavy atom. The average molecular weight is 373 g/mol. The van der Waals surface area contributed by atoms with Crippen LogP contribution in [0.4, 0.5) is 4.79 Å². The van der Waals surface area contributed by atoms with E-state index in [1.807, 2.05) is 23.1 Å². The lowest BCUT2D eigenvalue weighted by Gasteiger charge is -2.36. The molecule has 2 saturated carbocycles. The second-order valence-corrected chi connectivity index (χ2v) is 8.40. The van der Waals surface area contributed by atoms with Gasteiger partial charge in [0.15, 0.2) is 0 Å². The van der Waals surface area contributed by atoms with Crippen molar-refractivity contribution < 1.29 is 9.59 Å². The summed E-state index contributed by atoms with van der Waals surface area (Å²) >= 11 is 4.51. The summed E-state index contributed by atoms with van der Waals surface area (Å²) in [5, 5.41) is 0. The van der Waals surface area contributed by atoms with Gasteiger partial charge in [-0.2, -0.15) is 12.6 Å². The molecule has 1 saturated heterocycles. The number of benzene rings is 1. The van der Waals surface area contributed by atoms with Crippen LogP contribution in [0.2, 0.25) is 0 Å². The van der Waals surface area contributed by atoms with Gasteiger partial charge in [-0.15, -0.1) is 0 Å². The highest BCUT2D eigenvalue weighted by Gasteiger charge is 2.61. The third-order valence-corrected chi connectivity index (χ3v) is 6.92. The molecule has 140 valence electrons. The fraction of sp³-hybridized carbons (Fsp3) is 0.619. The molecular weight excluding hydrogens is 344 g/mol. The summed E-state index contributed by atoms with van der Waals surface area (Å²) in [4.78, 5) is 30.6. The minimum absolute atomic E-state index is 0.0434. The number of carbonyl (C=O) groups excluding carboxylic acids is 2. The molecule has 1 spiro atoms. The highest BCUT2D eigenvalue weighted by Crippen LogP contribution is 2.46. The molecule has 1 aliphatic heterocycles. The van der Waals surface area contributed by atoms with Crippen LogP contribution in [0.15, 0.2) is 30.3 Å². The monoisotopic (exact) mass is 372 g/mol. The molecule has 3 amide bonds. The van der Waals surface area contributed by atoms with E-state index in [1.165, 1.54) is 12.8 Å². The van der Waals surface area contributed by atoms with E-state index < -0.39 is 5.54 Å². The Labute approximate surface area is 161 Å². The molecule has 3 aliphatic rings. The van der Waals surface area contributed by atoms with Crippen molar-refractivity contribution in [1.29, 1.82) is 0 Å². The molecule has 2 aliphatic carbocycles. The largest absolute Gasteiger partial charge is 0.328 e. The summed E-state index contributed by atoms with van der Waals surface area (Å²) < 4.78 is 0. The zero-order valence-corrected chi connectivity index (χ0v) is 16.2. The zero-order valence-electron chi connectivity index (χ0n) is 15.3. The number of hydrogen-bond acceptors (Lipinski definition) is 3. The molecule has 0 radical (unpaired) electrons. The number of hydrogen-bond donors (Lipinski definition) is 1. The molecule has 1 atom stereocenters. The fourth-order valence-electron chi connectivity index (χ4n) is 5.24. The Morgan fingerprint density at radius 3 is 2.31 bits per heavy atom. The molecular formula is C21H28N2O2S. The maximum atomic E-state index is 13.5. The van der Waals surface area contributed by atoms with Gasteiger partial charge >= 0.3 is 6.03 Å². The minimum atomic E-state index is -0.566. The molecule has 0 bridgehead atoms. The lowest BCUT2D eigenvalue weighted by Crippen LogP contribution is -2.51.